The minimum Gasteiger partial charge on any atom is -0.491 e. The highest BCUT2D eigenvalue weighted by Gasteiger charge is 2.14. The molecule has 0 aliphatic heterocycles. The van der Waals surface area contributed by atoms with E-state index in [1.807, 2.05) is 60.9 Å². The highest BCUT2D eigenvalue weighted by Crippen LogP contribution is 2.24. The van der Waals surface area contributed by atoms with Crippen LogP contribution in [0.3, 0.4) is 0 Å². The van der Waals surface area contributed by atoms with Gasteiger partial charge >= 0.3 is 0 Å². The Balaban J connectivity index is 1.49. The lowest BCUT2D eigenvalue weighted by Gasteiger charge is -2.11. The highest BCUT2D eigenvalue weighted by molar-refractivity contribution is 7.99. The van der Waals surface area contributed by atoms with Crippen molar-refractivity contribution in [3.8, 4) is 17.1 Å². The molecular formula is C23H26N4O2S. The summed E-state index contributed by atoms with van der Waals surface area (Å²) >= 11 is 1.36. The smallest absolute Gasteiger partial charge is 0.230 e. The van der Waals surface area contributed by atoms with Crippen molar-refractivity contribution in [1.82, 2.24) is 20.1 Å². The predicted molar refractivity (Wildman–Crippen MR) is 121 cm³/mol. The quantitative estimate of drug-likeness (QED) is 0.303. The van der Waals surface area contributed by atoms with Crippen LogP contribution in [0.25, 0.3) is 11.4 Å². The summed E-state index contributed by atoms with van der Waals surface area (Å²) in [4.78, 5) is 12.2. The lowest BCUT2D eigenvalue weighted by molar-refractivity contribution is -0.118. The van der Waals surface area contributed by atoms with Gasteiger partial charge in [0.05, 0.1) is 12.3 Å². The molecule has 3 rings (SSSR count). The van der Waals surface area contributed by atoms with Crippen molar-refractivity contribution in [2.45, 2.75) is 25.5 Å². The predicted octanol–water partition coefficient (Wildman–Crippen LogP) is 4.04. The Kier molecular flexibility index (Phi) is 7.68. The number of amides is 1. The zero-order chi connectivity index (χ0) is 21.3. The number of allylic oxidation sites excluding steroid dienone is 1. The summed E-state index contributed by atoms with van der Waals surface area (Å²) < 4.78 is 7.71. The van der Waals surface area contributed by atoms with Gasteiger partial charge in [-0.1, -0.05) is 65.9 Å². The Hall–Kier alpha value is -3.06. The molecule has 0 bridgehead atoms. The first-order chi connectivity index (χ1) is 14.6. The van der Waals surface area contributed by atoms with Gasteiger partial charge in [-0.05, 0) is 25.5 Å². The van der Waals surface area contributed by atoms with E-state index in [0.717, 1.165) is 22.7 Å². The molecule has 1 N–H and O–H groups in total. The summed E-state index contributed by atoms with van der Waals surface area (Å²) in [6, 6.07) is 15.9. The topological polar surface area (TPSA) is 69.0 Å². The van der Waals surface area contributed by atoms with E-state index >= 15 is 0 Å². The number of nitrogens with one attached hydrogen (secondary N) is 1. The molecule has 2 aromatic carbocycles. The summed E-state index contributed by atoms with van der Waals surface area (Å²) in [5, 5.41) is 12.1. The van der Waals surface area contributed by atoms with Crippen molar-refractivity contribution in [1.29, 1.82) is 0 Å². The van der Waals surface area contributed by atoms with Gasteiger partial charge < -0.3 is 10.1 Å². The summed E-state index contributed by atoms with van der Waals surface area (Å²) in [6.07, 6.45) is 1.80. The SMILES string of the molecule is C=CCn1c(SCC(=O)NCCOc2ccc(C)cc2C)nnc1-c1ccccc1. The maximum absolute atomic E-state index is 12.2. The highest BCUT2D eigenvalue weighted by atomic mass is 32.2. The monoisotopic (exact) mass is 422 g/mol. The van der Waals surface area contributed by atoms with E-state index in [0.29, 0.717) is 24.9 Å². The van der Waals surface area contributed by atoms with Crippen LogP contribution in [0.4, 0.5) is 0 Å². The molecule has 0 aliphatic carbocycles. The molecule has 1 amide bonds. The number of carbonyl (C=O) groups excluding carboxylic acids is 1. The number of benzene rings is 2. The number of hydrogen-bond donors (Lipinski definition) is 1. The average molecular weight is 423 g/mol. The molecule has 7 heteroatoms. The van der Waals surface area contributed by atoms with Crippen molar-refractivity contribution in [3.63, 3.8) is 0 Å². The van der Waals surface area contributed by atoms with E-state index in [2.05, 4.69) is 28.2 Å². The first kappa shape index (κ1) is 21.6. The normalized spacial score (nSPS) is 10.6. The van der Waals surface area contributed by atoms with Gasteiger partial charge in [-0.3, -0.25) is 9.36 Å². The third-order valence-electron chi connectivity index (χ3n) is 4.41. The van der Waals surface area contributed by atoms with E-state index in [9.17, 15) is 4.79 Å². The second-order valence-electron chi connectivity index (χ2n) is 6.83. The minimum absolute atomic E-state index is 0.0707. The van der Waals surface area contributed by atoms with Crippen molar-refractivity contribution in [2.75, 3.05) is 18.9 Å². The summed E-state index contributed by atoms with van der Waals surface area (Å²) in [7, 11) is 0. The zero-order valence-electron chi connectivity index (χ0n) is 17.3. The number of aromatic nitrogens is 3. The molecule has 0 saturated carbocycles. The van der Waals surface area contributed by atoms with Crippen LogP contribution in [-0.2, 0) is 11.3 Å². The number of thioether (sulfide) groups is 1. The zero-order valence-corrected chi connectivity index (χ0v) is 18.1. The van der Waals surface area contributed by atoms with Crippen LogP contribution >= 0.6 is 11.8 Å². The van der Waals surface area contributed by atoms with Gasteiger partial charge in [-0.2, -0.15) is 0 Å². The van der Waals surface area contributed by atoms with Crippen molar-refractivity contribution < 1.29 is 9.53 Å². The Bertz CT molecular complexity index is 1000. The van der Waals surface area contributed by atoms with Crippen LogP contribution in [0.1, 0.15) is 11.1 Å². The second-order valence-corrected chi connectivity index (χ2v) is 7.77. The molecule has 0 aliphatic rings. The lowest BCUT2D eigenvalue weighted by Crippen LogP contribution is -2.29. The molecule has 0 unspecified atom stereocenters. The standard InChI is InChI=1S/C23H26N4O2S/c1-4-13-27-22(19-8-6-5-7-9-19)25-26-23(27)30-16-21(28)24-12-14-29-20-11-10-17(2)15-18(20)3/h4-11,15H,1,12-14,16H2,2-3H3,(H,24,28). The van der Waals surface area contributed by atoms with Gasteiger partial charge in [0.1, 0.15) is 12.4 Å². The van der Waals surface area contributed by atoms with E-state index in [-0.39, 0.29) is 11.7 Å². The molecule has 0 spiro atoms. The Labute approximate surface area is 181 Å². The van der Waals surface area contributed by atoms with Gasteiger partial charge in [0.15, 0.2) is 11.0 Å². The third-order valence-corrected chi connectivity index (χ3v) is 5.37. The number of aryl methyl sites for hydroxylation is 2. The number of nitrogens with zero attached hydrogens (tertiary/aromatic N) is 3. The molecule has 1 aromatic heterocycles. The summed E-state index contributed by atoms with van der Waals surface area (Å²) in [5.74, 6) is 1.79. The lowest BCUT2D eigenvalue weighted by atomic mass is 10.1. The molecule has 3 aromatic rings. The van der Waals surface area contributed by atoms with Crippen LogP contribution in [0.15, 0.2) is 66.3 Å². The van der Waals surface area contributed by atoms with Crippen LogP contribution in [0.2, 0.25) is 0 Å². The van der Waals surface area contributed by atoms with Crippen LogP contribution in [0, 0.1) is 13.8 Å². The molecule has 1 heterocycles. The molecular weight excluding hydrogens is 396 g/mol. The third kappa shape index (κ3) is 5.73. The first-order valence-electron chi connectivity index (χ1n) is 9.77. The molecule has 30 heavy (non-hydrogen) atoms. The molecule has 0 radical (unpaired) electrons. The van der Waals surface area contributed by atoms with Crippen LogP contribution in [0.5, 0.6) is 5.75 Å². The number of ether oxygens (including phenoxy) is 1. The second kappa shape index (κ2) is 10.6. The fourth-order valence-corrected chi connectivity index (χ4v) is 3.76. The fraction of sp³-hybridized carbons (Fsp3) is 0.261. The molecule has 0 fully saturated rings. The average Bonchev–Trinajstić information content (AvgIpc) is 3.14. The van der Waals surface area contributed by atoms with Crippen LogP contribution in [-0.4, -0.2) is 39.6 Å². The van der Waals surface area contributed by atoms with Crippen LogP contribution < -0.4 is 10.1 Å². The van der Waals surface area contributed by atoms with E-state index < -0.39 is 0 Å². The minimum atomic E-state index is -0.0707. The molecule has 0 atom stereocenters. The Morgan fingerprint density at radius 2 is 2.00 bits per heavy atom. The maximum atomic E-state index is 12.2. The van der Waals surface area contributed by atoms with Crippen molar-refractivity contribution in [2.24, 2.45) is 0 Å². The molecule has 6 nitrogen and oxygen atoms in total. The Morgan fingerprint density at radius 3 is 2.73 bits per heavy atom. The fourth-order valence-electron chi connectivity index (χ4n) is 2.98. The van der Waals surface area contributed by atoms with E-state index in [1.54, 1.807) is 6.08 Å². The number of hydrogen-bond acceptors (Lipinski definition) is 5. The molecule has 0 saturated heterocycles. The van der Waals surface area contributed by atoms with E-state index in [4.69, 9.17) is 4.74 Å². The molecule has 156 valence electrons. The summed E-state index contributed by atoms with van der Waals surface area (Å²) in [5.41, 5.74) is 3.27. The number of rotatable bonds is 10. The van der Waals surface area contributed by atoms with Gasteiger partial charge in [-0.15, -0.1) is 16.8 Å². The largest absolute Gasteiger partial charge is 0.491 e. The van der Waals surface area contributed by atoms with Gasteiger partial charge in [0.25, 0.3) is 0 Å². The number of carbonyl (C=O) groups is 1. The Morgan fingerprint density at radius 1 is 1.20 bits per heavy atom. The van der Waals surface area contributed by atoms with Gasteiger partial charge in [0, 0.05) is 12.1 Å². The summed E-state index contributed by atoms with van der Waals surface area (Å²) in [6.45, 7) is 9.32. The maximum Gasteiger partial charge on any atom is 0.230 e. The van der Waals surface area contributed by atoms with Crippen molar-refractivity contribution >= 4 is 17.7 Å². The first-order valence-corrected chi connectivity index (χ1v) is 10.8. The van der Waals surface area contributed by atoms with E-state index in [1.165, 1.54) is 17.3 Å². The van der Waals surface area contributed by atoms with Gasteiger partial charge in [-0.25, -0.2) is 0 Å². The van der Waals surface area contributed by atoms with Gasteiger partial charge in [0.2, 0.25) is 5.91 Å². The van der Waals surface area contributed by atoms with Crippen molar-refractivity contribution in [3.05, 3.63) is 72.3 Å².